The Morgan fingerprint density at radius 1 is 1.19 bits per heavy atom. The van der Waals surface area contributed by atoms with Gasteiger partial charge >= 0.3 is 0 Å². The molecule has 1 aliphatic carbocycles. The van der Waals surface area contributed by atoms with Gasteiger partial charge in [0.15, 0.2) is 0 Å². The Kier molecular flexibility index (Phi) is 4.10. The van der Waals surface area contributed by atoms with Gasteiger partial charge < -0.3 is 10.6 Å². The van der Waals surface area contributed by atoms with Gasteiger partial charge in [-0.05, 0) is 60.3 Å². The zero-order valence-corrected chi connectivity index (χ0v) is 13.9. The molecule has 0 amide bonds. The highest BCUT2D eigenvalue weighted by Gasteiger charge is 2.27. The summed E-state index contributed by atoms with van der Waals surface area (Å²) in [5, 5.41) is 6.66. The average Bonchev–Trinajstić information content (AvgIpc) is 3.27. The second-order valence-corrected chi connectivity index (χ2v) is 6.26. The Labute approximate surface area is 133 Å². The van der Waals surface area contributed by atoms with E-state index in [9.17, 15) is 0 Å². The molecule has 0 atom stereocenters. The molecule has 1 aliphatic rings. The van der Waals surface area contributed by atoms with E-state index in [2.05, 4.69) is 68.6 Å². The highest BCUT2D eigenvalue weighted by atomic mass is 79.9. The average molecular weight is 347 g/mol. The van der Waals surface area contributed by atoms with Crippen LogP contribution in [0.3, 0.4) is 0 Å². The minimum atomic E-state index is 0.533. The lowest BCUT2D eigenvalue weighted by molar-refractivity contribution is 0.927. The summed E-state index contributed by atoms with van der Waals surface area (Å²) in [5.41, 5.74) is 2.24. The third kappa shape index (κ3) is 3.53. The first-order chi connectivity index (χ1) is 10.2. The SMILES string of the molecule is CCNc1cc(Nc2ccc(C)cc2Br)nc(C2CC2)n1. The van der Waals surface area contributed by atoms with Crippen molar-refractivity contribution in [3.05, 3.63) is 40.1 Å². The highest BCUT2D eigenvalue weighted by molar-refractivity contribution is 9.10. The minimum absolute atomic E-state index is 0.533. The predicted molar refractivity (Wildman–Crippen MR) is 90.3 cm³/mol. The number of anilines is 3. The van der Waals surface area contributed by atoms with Crippen molar-refractivity contribution in [2.24, 2.45) is 0 Å². The second kappa shape index (κ2) is 6.02. The number of hydrogen-bond acceptors (Lipinski definition) is 4. The van der Waals surface area contributed by atoms with Gasteiger partial charge in [-0.15, -0.1) is 0 Å². The van der Waals surface area contributed by atoms with E-state index in [4.69, 9.17) is 0 Å². The molecule has 0 saturated heterocycles. The van der Waals surface area contributed by atoms with Crippen LogP contribution >= 0.6 is 15.9 Å². The van der Waals surface area contributed by atoms with Crippen molar-refractivity contribution in [2.45, 2.75) is 32.6 Å². The molecule has 1 aromatic heterocycles. The largest absolute Gasteiger partial charge is 0.370 e. The van der Waals surface area contributed by atoms with Crippen molar-refractivity contribution in [3.63, 3.8) is 0 Å². The number of benzene rings is 1. The molecule has 0 aliphatic heterocycles. The molecule has 1 fully saturated rings. The maximum absolute atomic E-state index is 4.65. The molecular weight excluding hydrogens is 328 g/mol. The van der Waals surface area contributed by atoms with Gasteiger partial charge in [0, 0.05) is 23.0 Å². The van der Waals surface area contributed by atoms with Crippen LogP contribution in [-0.4, -0.2) is 16.5 Å². The second-order valence-electron chi connectivity index (χ2n) is 5.41. The number of nitrogens with zero attached hydrogens (tertiary/aromatic N) is 2. The fourth-order valence-electron chi connectivity index (χ4n) is 2.19. The lowest BCUT2D eigenvalue weighted by atomic mass is 10.2. The van der Waals surface area contributed by atoms with Crippen LogP contribution in [0.15, 0.2) is 28.7 Å². The topological polar surface area (TPSA) is 49.8 Å². The van der Waals surface area contributed by atoms with Gasteiger partial charge in [0.2, 0.25) is 0 Å². The van der Waals surface area contributed by atoms with E-state index in [1.807, 2.05) is 6.07 Å². The van der Waals surface area contributed by atoms with E-state index >= 15 is 0 Å². The molecule has 110 valence electrons. The lowest BCUT2D eigenvalue weighted by Crippen LogP contribution is -2.05. The smallest absolute Gasteiger partial charge is 0.136 e. The summed E-state index contributed by atoms with van der Waals surface area (Å²) in [7, 11) is 0. The number of rotatable bonds is 5. The quantitative estimate of drug-likeness (QED) is 0.830. The Morgan fingerprint density at radius 3 is 2.62 bits per heavy atom. The maximum atomic E-state index is 4.65. The van der Waals surface area contributed by atoms with Crippen LogP contribution in [0, 0.1) is 6.92 Å². The number of nitrogens with one attached hydrogen (secondary N) is 2. The summed E-state index contributed by atoms with van der Waals surface area (Å²) in [4.78, 5) is 9.24. The number of aromatic nitrogens is 2. The Bertz CT molecular complexity index is 653. The van der Waals surface area contributed by atoms with Gasteiger partial charge in [-0.1, -0.05) is 6.07 Å². The van der Waals surface area contributed by atoms with Crippen LogP contribution in [0.4, 0.5) is 17.3 Å². The van der Waals surface area contributed by atoms with Crippen LogP contribution in [0.1, 0.15) is 37.1 Å². The molecule has 3 rings (SSSR count). The lowest BCUT2D eigenvalue weighted by Gasteiger charge is -2.12. The van der Waals surface area contributed by atoms with Gasteiger partial charge in [-0.3, -0.25) is 0 Å². The van der Waals surface area contributed by atoms with Gasteiger partial charge in [-0.25, -0.2) is 9.97 Å². The molecule has 0 unspecified atom stereocenters. The van der Waals surface area contributed by atoms with Crippen molar-refractivity contribution in [1.82, 2.24) is 9.97 Å². The van der Waals surface area contributed by atoms with E-state index in [0.29, 0.717) is 5.92 Å². The third-order valence-corrected chi connectivity index (χ3v) is 4.09. The van der Waals surface area contributed by atoms with Crippen molar-refractivity contribution < 1.29 is 0 Å². The fourth-order valence-corrected chi connectivity index (χ4v) is 2.78. The predicted octanol–water partition coefficient (Wildman–Crippen LogP) is 4.60. The zero-order valence-electron chi connectivity index (χ0n) is 12.3. The molecule has 1 heterocycles. The van der Waals surface area contributed by atoms with E-state index in [-0.39, 0.29) is 0 Å². The van der Waals surface area contributed by atoms with Crippen LogP contribution in [0.2, 0.25) is 0 Å². The summed E-state index contributed by atoms with van der Waals surface area (Å²) in [6.07, 6.45) is 2.40. The Balaban J connectivity index is 1.89. The maximum Gasteiger partial charge on any atom is 0.136 e. The molecule has 0 radical (unpaired) electrons. The molecule has 5 heteroatoms. The normalized spacial score (nSPS) is 14.0. The molecule has 2 N–H and O–H groups in total. The standard InChI is InChI=1S/C16H19BrN4/c1-3-18-14-9-15(21-16(20-14)11-5-6-11)19-13-7-4-10(2)8-12(13)17/h4,7-9,11H,3,5-6H2,1-2H3,(H2,18,19,20,21). The van der Waals surface area contributed by atoms with Crippen LogP contribution in [-0.2, 0) is 0 Å². The van der Waals surface area contributed by atoms with Gasteiger partial charge in [0.1, 0.15) is 17.5 Å². The summed E-state index contributed by atoms with van der Waals surface area (Å²) < 4.78 is 1.04. The monoisotopic (exact) mass is 346 g/mol. The van der Waals surface area contributed by atoms with Gasteiger partial charge in [0.05, 0.1) is 5.69 Å². The zero-order chi connectivity index (χ0) is 14.8. The first kappa shape index (κ1) is 14.3. The van der Waals surface area contributed by atoms with Crippen molar-refractivity contribution in [2.75, 3.05) is 17.2 Å². The fraction of sp³-hybridized carbons (Fsp3) is 0.375. The number of hydrogen-bond donors (Lipinski definition) is 2. The van der Waals surface area contributed by atoms with Crippen molar-refractivity contribution in [3.8, 4) is 0 Å². The molecule has 0 spiro atoms. The van der Waals surface area contributed by atoms with E-state index in [1.54, 1.807) is 0 Å². The summed E-state index contributed by atoms with van der Waals surface area (Å²) in [6, 6.07) is 8.20. The van der Waals surface area contributed by atoms with Crippen LogP contribution < -0.4 is 10.6 Å². The molecule has 0 bridgehead atoms. The molecule has 1 aromatic carbocycles. The van der Waals surface area contributed by atoms with Gasteiger partial charge in [0.25, 0.3) is 0 Å². The summed E-state index contributed by atoms with van der Waals surface area (Å²) in [5.74, 6) is 3.21. The van der Waals surface area contributed by atoms with Crippen molar-refractivity contribution >= 4 is 33.3 Å². The van der Waals surface area contributed by atoms with Gasteiger partial charge in [-0.2, -0.15) is 0 Å². The minimum Gasteiger partial charge on any atom is -0.370 e. The number of halogens is 1. The molecule has 4 nitrogen and oxygen atoms in total. The molecule has 2 aromatic rings. The van der Waals surface area contributed by atoms with Crippen molar-refractivity contribution in [1.29, 1.82) is 0 Å². The van der Waals surface area contributed by atoms with E-state index < -0.39 is 0 Å². The Morgan fingerprint density at radius 2 is 1.95 bits per heavy atom. The van der Waals surface area contributed by atoms with E-state index in [0.717, 1.165) is 34.2 Å². The Hall–Kier alpha value is -1.62. The molecular formula is C16H19BrN4. The summed E-state index contributed by atoms with van der Waals surface area (Å²) in [6.45, 7) is 5.01. The van der Waals surface area contributed by atoms with Crippen LogP contribution in [0.5, 0.6) is 0 Å². The first-order valence-corrected chi connectivity index (χ1v) is 8.11. The molecule has 1 saturated carbocycles. The first-order valence-electron chi connectivity index (χ1n) is 7.31. The van der Waals surface area contributed by atoms with E-state index in [1.165, 1.54) is 18.4 Å². The third-order valence-electron chi connectivity index (χ3n) is 3.43. The summed E-state index contributed by atoms with van der Waals surface area (Å²) >= 11 is 3.59. The molecule has 21 heavy (non-hydrogen) atoms. The van der Waals surface area contributed by atoms with Crippen LogP contribution in [0.25, 0.3) is 0 Å². The highest BCUT2D eigenvalue weighted by Crippen LogP contribution is 2.39. The number of aryl methyl sites for hydroxylation is 1.